The average Bonchev–Trinajstić information content (AvgIpc) is 2.34. The number of hydrogen-bond acceptors (Lipinski definition) is 1. The van der Waals surface area contributed by atoms with Gasteiger partial charge in [0.15, 0.2) is 0 Å². The highest BCUT2D eigenvalue weighted by Gasteiger charge is 2.33. The minimum absolute atomic E-state index is 0.175. The van der Waals surface area contributed by atoms with Gasteiger partial charge >= 0.3 is 0 Å². The van der Waals surface area contributed by atoms with Crippen molar-refractivity contribution in [3.63, 3.8) is 0 Å². The Morgan fingerprint density at radius 2 is 1.63 bits per heavy atom. The first-order valence-electron chi connectivity index (χ1n) is 7.69. The fraction of sp³-hybridized carbons (Fsp3) is 0.647. The Balaban J connectivity index is 2.70. The fourth-order valence-corrected chi connectivity index (χ4v) is 5.42. The third-order valence-electron chi connectivity index (χ3n) is 3.83. The molecule has 2 heteroatoms. The van der Waals surface area contributed by atoms with Crippen LogP contribution < -0.4 is 0 Å². The third-order valence-corrected chi connectivity index (χ3v) is 6.41. The van der Waals surface area contributed by atoms with Gasteiger partial charge in [-0.05, 0) is 12.0 Å². The minimum atomic E-state index is -1.41. The second kappa shape index (κ2) is 7.86. The summed E-state index contributed by atoms with van der Waals surface area (Å²) in [4.78, 5) is 0. The van der Waals surface area contributed by atoms with Crippen molar-refractivity contribution in [3.8, 4) is 0 Å². The maximum absolute atomic E-state index is 10.6. The van der Waals surface area contributed by atoms with Gasteiger partial charge in [0.1, 0.15) is 0 Å². The second-order valence-electron chi connectivity index (χ2n) is 6.67. The lowest BCUT2D eigenvalue weighted by Crippen LogP contribution is -2.39. The summed E-state index contributed by atoms with van der Waals surface area (Å²) in [5.74, 6) is 0. The molecule has 0 fully saturated rings. The smallest absolute Gasteiger partial charge is 0.0584 e. The van der Waals surface area contributed by atoms with Crippen molar-refractivity contribution in [2.45, 2.75) is 70.3 Å². The van der Waals surface area contributed by atoms with Crippen molar-refractivity contribution in [2.24, 2.45) is 0 Å². The van der Waals surface area contributed by atoms with E-state index in [1.807, 2.05) is 0 Å². The molecule has 2 unspecified atom stereocenters. The van der Waals surface area contributed by atoms with Gasteiger partial charge in [-0.3, -0.25) is 0 Å². The van der Waals surface area contributed by atoms with E-state index in [2.05, 4.69) is 56.9 Å². The molecule has 0 aromatic heterocycles. The molecule has 0 spiro atoms. The standard InChI is InChI=1S/C17H30OSi/c1-5-6-7-11-14-16(18)17(19(2,3)4)15-12-9-8-10-13-15/h8-10,12-13,16-18H,5-7,11,14H2,1-4H3. The predicted octanol–water partition coefficient (Wildman–Crippen LogP) is 4.98. The molecule has 0 aliphatic rings. The molecule has 0 aliphatic heterocycles. The van der Waals surface area contributed by atoms with E-state index >= 15 is 0 Å². The van der Waals surface area contributed by atoms with E-state index in [-0.39, 0.29) is 6.10 Å². The minimum Gasteiger partial charge on any atom is -0.393 e. The zero-order chi connectivity index (χ0) is 14.3. The molecule has 19 heavy (non-hydrogen) atoms. The predicted molar refractivity (Wildman–Crippen MR) is 87.3 cm³/mol. The molecule has 0 bridgehead atoms. The molecule has 2 atom stereocenters. The van der Waals surface area contributed by atoms with Crippen LogP contribution in [0.2, 0.25) is 19.6 Å². The molecule has 1 aromatic rings. The summed E-state index contributed by atoms with van der Waals surface area (Å²) in [5.41, 5.74) is 1.68. The molecule has 0 aliphatic carbocycles. The molecule has 0 amide bonds. The van der Waals surface area contributed by atoms with Crippen molar-refractivity contribution in [1.29, 1.82) is 0 Å². The third kappa shape index (κ3) is 5.49. The van der Waals surface area contributed by atoms with E-state index in [1.54, 1.807) is 0 Å². The van der Waals surface area contributed by atoms with E-state index in [0.29, 0.717) is 5.54 Å². The van der Waals surface area contributed by atoms with Gasteiger partial charge in [0.25, 0.3) is 0 Å². The Morgan fingerprint density at radius 1 is 1.00 bits per heavy atom. The van der Waals surface area contributed by atoms with Crippen LogP contribution in [0.3, 0.4) is 0 Å². The first-order valence-corrected chi connectivity index (χ1v) is 11.3. The lowest BCUT2D eigenvalue weighted by Gasteiger charge is -2.33. The zero-order valence-electron chi connectivity index (χ0n) is 13.0. The highest BCUT2D eigenvalue weighted by Crippen LogP contribution is 2.32. The number of unbranched alkanes of at least 4 members (excludes halogenated alkanes) is 3. The second-order valence-corrected chi connectivity index (χ2v) is 12.0. The van der Waals surface area contributed by atoms with Crippen LogP contribution in [0.15, 0.2) is 30.3 Å². The molecule has 1 aromatic carbocycles. The summed E-state index contributed by atoms with van der Waals surface area (Å²) >= 11 is 0. The maximum atomic E-state index is 10.6. The van der Waals surface area contributed by atoms with Gasteiger partial charge in [0.2, 0.25) is 0 Å². The van der Waals surface area contributed by atoms with Gasteiger partial charge in [-0.15, -0.1) is 0 Å². The summed E-state index contributed by atoms with van der Waals surface area (Å²) in [5, 5.41) is 10.6. The van der Waals surface area contributed by atoms with Gasteiger partial charge in [0, 0.05) is 5.54 Å². The first-order chi connectivity index (χ1) is 8.96. The number of aliphatic hydroxyl groups excluding tert-OH is 1. The number of aliphatic hydroxyl groups is 1. The number of benzene rings is 1. The SMILES string of the molecule is CCCCCCC(O)C(c1ccccc1)[Si](C)(C)C. The lowest BCUT2D eigenvalue weighted by molar-refractivity contribution is 0.152. The van der Waals surface area contributed by atoms with Gasteiger partial charge in [0.05, 0.1) is 14.2 Å². The molecular weight excluding hydrogens is 248 g/mol. The Hall–Kier alpha value is -0.603. The van der Waals surface area contributed by atoms with Crippen LogP contribution >= 0.6 is 0 Å². The summed E-state index contributed by atoms with van der Waals surface area (Å²) < 4.78 is 0. The topological polar surface area (TPSA) is 20.2 Å². The molecular formula is C17H30OSi. The van der Waals surface area contributed by atoms with Crippen LogP contribution in [-0.4, -0.2) is 19.3 Å². The first kappa shape index (κ1) is 16.5. The van der Waals surface area contributed by atoms with Crippen molar-refractivity contribution in [2.75, 3.05) is 0 Å². The Labute approximate surface area is 120 Å². The largest absolute Gasteiger partial charge is 0.393 e. The van der Waals surface area contributed by atoms with E-state index in [4.69, 9.17) is 0 Å². The van der Waals surface area contributed by atoms with Crippen molar-refractivity contribution in [3.05, 3.63) is 35.9 Å². The zero-order valence-corrected chi connectivity index (χ0v) is 14.0. The quantitative estimate of drug-likeness (QED) is 0.525. The van der Waals surface area contributed by atoms with Crippen LogP contribution in [0.4, 0.5) is 0 Å². The van der Waals surface area contributed by atoms with E-state index in [0.717, 1.165) is 12.8 Å². The molecule has 0 saturated carbocycles. The normalized spacial score (nSPS) is 15.2. The number of hydrogen-bond donors (Lipinski definition) is 1. The van der Waals surface area contributed by atoms with Crippen molar-refractivity contribution >= 4 is 8.07 Å². The summed E-state index contributed by atoms with van der Waals surface area (Å²) in [6.07, 6.45) is 5.72. The van der Waals surface area contributed by atoms with E-state index < -0.39 is 8.07 Å². The Bertz CT molecular complexity index is 342. The Kier molecular flexibility index (Phi) is 6.80. The van der Waals surface area contributed by atoms with Gasteiger partial charge < -0.3 is 5.11 Å². The van der Waals surface area contributed by atoms with Crippen LogP contribution in [0.25, 0.3) is 0 Å². The van der Waals surface area contributed by atoms with Crippen LogP contribution in [0, 0.1) is 0 Å². The van der Waals surface area contributed by atoms with Crippen molar-refractivity contribution < 1.29 is 5.11 Å². The molecule has 1 rings (SSSR count). The van der Waals surface area contributed by atoms with Crippen LogP contribution in [-0.2, 0) is 0 Å². The summed E-state index contributed by atoms with van der Waals surface area (Å²) in [6.45, 7) is 9.31. The molecule has 108 valence electrons. The average molecular weight is 279 g/mol. The van der Waals surface area contributed by atoms with Gasteiger partial charge in [-0.1, -0.05) is 82.6 Å². The molecule has 1 N–H and O–H groups in total. The highest BCUT2D eigenvalue weighted by molar-refractivity contribution is 6.77. The molecule has 1 nitrogen and oxygen atoms in total. The highest BCUT2D eigenvalue weighted by atomic mass is 28.3. The van der Waals surface area contributed by atoms with E-state index in [1.165, 1.54) is 24.8 Å². The summed E-state index contributed by atoms with van der Waals surface area (Å²) in [7, 11) is -1.41. The van der Waals surface area contributed by atoms with Crippen molar-refractivity contribution in [1.82, 2.24) is 0 Å². The summed E-state index contributed by atoms with van der Waals surface area (Å²) in [6, 6.07) is 10.6. The maximum Gasteiger partial charge on any atom is 0.0584 e. The van der Waals surface area contributed by atoms with Gasteiger partial charge in [-0.2, -0.15) is 0 Å². The molecule has 0 heterocycles. The Morgan fingerprint density at radius 3 is 2.16 bits per heavy atom. The molecule has 0 radical (unpaired) electrons. The number of rotatable bonds is 8. The van der Waals surface area contributed by atoms with Crippen LogP contribution in [0.1, 0.15) is 50.1 Å². The monoisotopic (exact) mass is 278 g/mol. The van der Waals surface area contributed by atoms with Crippen LogP contribution in [0.5, 0.6) is 0 Å². The fourth-order valence-electron chi connectivity index (χ4n) is 2.91. The molecule has 0 saturated heterocycles. The van der Waals surface area contributed by atoms with E-state index in [9.17, 15) is 5.11 Å². The van der Waals surface area contributed by atoms with Gasteiger partial charge in [-0.25, -0.2) is 0 Å². The lowest BCUT2D eigenvalue weighted by atomic mass is 10.0.